The second kappa shape index (κ2) is 7.86. The Balaban J connectivity index is 1.63. The van der Waals surface area contributed by atoms with Gasteiger partial charge in [-0.15, -0.1) is 11.3 Å². The first-order valence-corrected chi connectivity index (χ1v) is 9.56. The van der Waals surface area contributed by atoms with Crippen molar-refractivity contribution in [2.45, 2.75) is 39.3 Å². The number of amides is 2. The minimum Gasteiger partial charge on any atom is -0.487 e. The van der Waals surface area contributed by atoms with Crippen molar-refractivity contribution in [1.82, 2.24) is 9.88 Å². The smallest absolute Gasteiger partial charge is 0.254 e. The Bertz CT molecular complexity index is 788. The second-order valence-electron chi connectivity index (χ2n) is 6.65. The molecule has 0 saturated carbocycles. The molecule has 1 aliphatic heterocycles. The zero-order valence-electron chi connectivity index (χ0n) is 15.0. The number of hydrogen-bond acceptors (Lipinski definition) is 5. The molecule has 0 aliphatic carbocycles. The maximum absolute atomic E-state index is 12.8. The molecule has 1 fully saturated rings. The minimum atomic E-state index is -0.337. The number of nitrogens with two attached hydrogens (primary N) is 1. The van der Waals surface area contributed by atoms with Gasteiger partial charge in [0.1, 0.15) is 12.4 Å². The van der Waals surface area contributed by atoms with E-state index in [2.05, 4.69) is 4.98 Å². The van der Waals surface area contributed by atoms with Gasteiger partial charge in [0.2, 0.25) is 5.91 Å². The summed E-state index contributed by atoms with van der Waals surface area (Å²) in [6.07, 6.45) is 1.52. The molecular formula is C19H23N3O3S. The van der Waals surface area contributed by atoms with Crippen LogP contribution in [0.1, 0.15) is 40.8 Å². The quantitative estimate of drug-likeness (QED) is 0.873. The largest absolute Gasteiger partial charge is 0.487 e. The monoisotopic (exact) mass is 373 g/mol. The first kappa shape index (κ1) is 18.4. The third-order valence-corrected chi connectivity index (χ3v) is 5.52. The molecule has 0 bridgehead atoms. The molecule has 1 aromatic heterocycles. The van der Waals surface area contributed by atoms with Crippen LogP contribution in [0, 0.1) is 12.8 Å². The molecule has 3 rings (SSSR count). The van der Waals surface area contributed by atoms with Gasteiger partial charge in [-0.25, -0.2) is 4.98 Å². The molecule has 2 heterocycles. The lowest BCUT2D eigenvalue weighted by molar-refractivity contribution is -0.123. The Morgan fingerprint density at radius 2 is 2.04 bits per heavy atom. The lowest BCUT2D eigenvalue weighted by Gasteiger charge is -2.37. The molecule has 2 amide bonds. The van der Waals surface area contributed by atoms with Gasteiger partial charge in [0.25, 0.3) is 5.91 Å². The lowest BCUT2D eigenvalue weighted by Crippen LogP contribution is -2.48. The van der Waals surface area contributed by atoms with Gasteiger partial charge in [0, 0.05) is 23.5 Å². The number of nitrogens with zero attached hydrogens (tertiary/aromatic N) is 2. The third kappa shape index (κ3) is 4.22. The van der Waals surface area contributed by atoms with Crippen molar-refractivity contribution in [2.75, 3.05) is 6.54 Å². The number of piperidine rings is 1. The van der Waals surface area contributed by atoms with Crippen LogP contribution in [-0.2, 0) is 11.4 Å². The van der Waals surface area contributed by atoms with Gasteiger partial charge in [-0.05, 0) is 51.0 Å². The maximum Gasteiger partial charge on any atom is 0.254 e. The number of likely N-dealkylation sites (tertiary alicyclic amines) is 1. The fourth-order valence-corrected chi connectivity index (χ4v) is 3.71. The molecule has 2 aromatic rings. The van der Waals surface area contributed by atoms with Crippen LogP contribution >= 0.6 is 11.3 Å². The summed E-state index contributed by atoms with van der Waals surface area (Å²) in [5.74, 6) is 0.00841. The first-order chi connectivity index (χ1) is 12.4. The van der Waals surface area contributed by atoms with E-state index in [1.807, 2.05) is 19.2 Å². The Hall–Kier alpha value is -2.41. The fraction of sp³-hybridized carbons (Fsp3) is 0.421. The van der Waals surface area contributed by atoms with Gasteiger partial charge in [-0.1, -0.05) is 0 Å². The van der Waals surface area contributed by atoms with Crippen LogP contribution in [0.3, 0.4) is 0 Å². The molecule has 138 valence electrons. The van der Waals surface area contributed by atoms with Crippen molar-refractivity contribution in [3.8, 4) is 5.75 Å². The van der Waals surface area contributed by atoms with Gasteiger partial charge in [-0.2, -0.15) is 0 Å². The number of carbonyl (C=O) groups excluding carboxylic acids is 2. The van der Waals surface area contributed by atoms with E-state index >= 15 is 0 Å². The molecule has 6 nitrogen and oxygen atoms in total. The van der Waals surface area contributed by atoms with E-state index in [-0.39, 0.29) is 23.8 Å². The molecule has 26 heavy (non-hydrogen) atoms. The van der Waals surface area contributed by atoms with Crippen molar-refractivity contribution in [1.29, 1.82) is 0 Å². The number of thiazole rings is 1. The van der Waals surface area contributed by atoms with Gasteiger partial charge in [0.05, 0.1) is 16.6 Å². The highest BCUT2D eigenvalue weighted by Gasteiger charge is 2.32. The highest BCUT2D eigenvalue weighted by molar-refractivity contribution is 7.09. The number of benzene rings is 1. The summed E-state index contributed by atoms with van der Waals surface area (Å²) in [7, 11) is 0. The van der Waals surface area contributed by atoms with Crippen molar-refractivity contribution < 1.29 is 14.3 Å². The van der Waals surface area contributed by atoms with Gasteiger partial charge < -0.3 is 15.4 Å². The summed E-state index contributed by atoms with van der Waals surface area (Å²) in [5, 5.41) is 2.98. The minimum absolute atomic E-state index is 0.0786. The molecule has 7 heteroatoms. The van der Waals surface area contributed by atoms with Crippen LogP contribution < -0.4 is 10.5 Å². The van der Waals surface area contributed by atoms with Crippen LogP contribution in [0.25, 0.3) is 0 Å². The van der Waals surface area contributed by atoms with E-state index in [9.17, 15) is 9.59 Å². The molecular weight excluding hydrogens is 350 g/mol. The number of carbonyl (C=O) groups is 2. The molecule has 0 spiro atoms. The Morgan fingerprint density at radius 1 is 1.31 bits per heavy atom. The molecule has 1 aliphatic rings. The van der Waals surface area contributed by atoms with Crippen LogP contribution in [0.2, 0.25) is 0 Å². The number of primary amides is 1. The average Bonchev–Trinajstić information content (AvgIpc) is 3.05. The molecule has 0 radical (unpaired) electrons. The number of aromatic nitrogens is 1. The summed E-state index contributed by atoms with van der Waals surface area (Å²) in [6.45, 7) is 4.75. The van der Waals surface area contributed by atoms with E-state index in [0.29, 0.717) is 24.5 Å². The van der Waals surface area contributed by atoms with Crippen molar-refractivity contribution in [3.05, 3.63) is 45.9 Å². The Kier molecular flexibility index (Phi) is 5.56. The molecule has 2 unspecified atom stereocenters. The standard InChI is InChI=1S/C19H23N3O3S/c1-12-3-4-15(18(20)23)9-22(12)19(24)14-5-7-17(8-6-14)25-10-16-11-26-13(2)21-16/h5-8,11-12,15H,3-4,9-10H2,1-2H3,(H2,20,23). The number of hydrogen-bond donors (Lipinski definition) is 1. The van der Waals surface area contributed by atoms with Crippen LogP contribution in [0.15, 0.2) is 29.6 Å². The molecule has 1 saturated heterocycles. The zero-order chi connectivity index (χ0) is 18.7. The topological polar surface area (TPSA) is 85.5 Å². The summed E-state index contributed by atoms with van der Waals surface area (Å²) in [4.78, 5) is 30.4. The van der Waals surface area contributed by atoms with E-state index in [1.54, 1.807) is 40.5 Å². The van der Waals surface area contributed by atoms with Crippen molar-refractivity contribution >= 4 is 23.2 Å². The highest BCUT2D eigenvalue weighted by atomic mass is 32.1. The van der Waals surface area contributed by atoms with Crippen LogP contribution in [-0.4, -0.2) is 34.3 Å². The average molecular weight is 373 g/mol. The highest BCUT2D eigenvalue weighted by Crippen LogP contribution is 2.24. The predicted molar refractivity (Wildman–Crippen MR) is 100 cm³/mol. The Morgan fingerprint density at radius 3 is 2.65 bits per heavy atom. The SMILES string of the molecule is Cc1nc(COc2ccc(C(=O)N3CC(C(N)=O)CCC3C)cc2)cs1. The third-order valence-electron chi connectivity index (χ3n) is 4.70. The summed E-state index contributed by atoms with van der Waals surface area (Å²) in [5.41, 5.74) is 6.90. The summed E-state index contributed by atoms with van der Waals surface area (Å²) >= 11 is 1.59. The van der Waals surface area contributed by atoms with E-state index in [0.717, 1.165) is 23.5 Å². The summed E-state index contributed by atoms with van der Waals surface area (Å²) in [6, 6.07) is 7.18. The van der Waals surface area contributed by atoms with Gasteiger partial charge in [0.15, 0.2) is 0 Å². The Labute approximate surface area is 157 Å². The zero-order valence-corrected chi connectivity index (χ0v) is 15.8. The van der Waals surface area contributed by atoms with E-state index < -0.39 is 0 Å². The molecule has 2 atom stereocenters. The van der Waals surface area contributed by atoms with Crippen molar-refractivity contribution in [2.24, 2.45) is 11.7 Å². The van der Waals surface area contributed by atoms with E-state index in [1.165, 1.54) is 0 Å². The fourth-order valence-electron chi connectivity index (χ4n) is 3.11. The normalized spacial score (nSPS) is 20.0. The van der Waals surface area contributed by atoms with Crippen LogP contribution in [0.4, 0.5) is 0 Å². The number of aryl methyl sites for hydroxylation is 1. The second-order valence-corrected chi connectivity index (χ2v) is 7.72. The van der Waals surface area contributed by atoms with E-state index in [4.69, 9.17) is 10.5 Å². The maximum atomic E-state index is 12.8. The summed E-state index contributed by atoms with van der Waals surface area (Å²) < 4.78 is 5.71. The molecule has 1 aromatic carbocycles. The predicted octanol–water partition coefficient (Wildman–Crippen LogP) is 2.76. The van der Waals surface area contributed by atoms with Crippen molar-refractivity contribution in [3.63, 3.8) is 0 Å². The van der Waals surface area contributed by atoms with Crippen LogP contribution in [0.5, 0.6) is 5.75 Å². The molecule has 2 N–H and O–H groups in total. The number of ether oxygens (including phenoxy) is 1. The lowest BCUT2D eigenvalue weighted by atomic mass is 9.92. The first-order valence-electron chi connectivity index (χ1n) is 8.68. The number of rotatable bonds is 5. The van der Waals surface area contributed by atoms with Gasteiger partial charge >= 0.3 is 0 Å². The van der Waals surface area contributed by atoms with Gasteiger partial charge in [-0.3, -0.25) is 9.59 Å².